The van der Waals surface area contributed by atoms with Gasteiger partial charge in [0.1, 0.15) is 5.52 Å². The first kappa shape index (κ1) is 26.6. The SMILES string of the molecule is CC.CC.CC.[B]n1nc2c(C(C)C(C)(C)CC)c(C)n(C)c(=O)c2n1. The van der Waals surface area contributed by atoms with Crippen molar-refractivity contribution in [3.63, 3.8) is 0 Å². The fourth-order valence-corrected chi connectivity index (χ4v) is 2.53. The molecule has 2 heterocycles. The molecule has 0 bridgehead atoms. The Kier molecular flexibility index (Phi) is 12.2. The monoisotopic (exact) mass is 362 g/mol. The van der Waals surface area contributed by atoms with E-state index in [4.69, 9.17) is 7.98 Å². The Morgan fingerprint density at radius 3 is 1.88 bits per heavy atom. The van der Waals surface area contributed by atoms with E-state index in [0.717, 1.165) is 22.4 Å². The molecule has 0 aliphatic rings. The van der Waals surface area contributed by atoms with Crippen molar-refractivity contribution < 1.29 is 0 Å². The predicted octanol–water partition coefficient (Wildman–Crippen LogP) is 4.99. The van der Waals surface area contributed by atoms with Crippen molar-refractivity contribution in [1.82, 2.24) is 19.5 Å². The third kappa shape index (κ3) is 5.45. The molecule has 0 saturated carbocycles. The number of pyridine rings is 1. The lowest BCUT2D eigenvalue weighted by Crippen LogP contribution is -2.26. The molecule has 2 radical (unpaired) electrons. The van der Waals surface area contributed by atoms with Crippen LogP contribution in [0.1, 0.15) is 92.8 Å². The fourth-order valence-electron chi connectivity index (χ4n) is 2.53. The van der Waals surface area contributed by atoms with Gasteiger partial charge in [0, 0.05) is 18.3 Å². The van der Waals surface area contributed by atoms with Crippen molar-refractivity contribution in [3.8, 4) is 0 Å². The van der Waals surface area contributed by atoms with Crippen molar-refractivity contribution in [2.24, 2.45) is 12.5 Å². The lowest BCUT2D eigenvalue weighted by atomic mass is 9.73. The van der Waals surface area contributed by atoms with Gasteiger partial charge in [-0.05, 0) is 18.3 Å². The standard InChI is InChI=1S/C14H21BN4O.3C2H6/c1-7-14(4,5)8(2)10-9(3)18(6)13(20)12-11(10)16-19(15)17-12;3*1-2/h8H,7H2,1-6H3;3*1-2H3. The highest BCUT2D eigenvalue weighted by molar-refractivity contribution is 6.05. The molecule has 0 saturated heterocycles. The summed E-state index contributed by atoms with van der Waals surface area (Å²) in [5.41, 5.74) is 2.91. The van der Waals surface area contributed by atoms with Gasteiger partial charge in [-0.3, -0.25) is 4.79 Å². The van der Waals surface area contributed by atoms with E-state index in [2.05, 4.69) is 37.9 Å². The molecule has 148 valence electrons. The molecule has 0 aromatic carbocycles. The molecular weight excluding hydrogens is 323 g/mol. The Morgan fingerprint density at radius 1 is 1.04 bits per heavy atom. The Morgan fingerprint density at radius 2 is 1.46 bits per heavy atom. The number of hydrogen-bond acceptors (Lipinski definition) is 3. The van der Waals surface area contributed by atoms with Crippen LogP contribution in [0.15, 0.2) is 4.79 Å². The summed E-state index contributed by atoms with van der Waals surface area (Å²) in [5.74, 6) is 0.249. The Balaban J connectivity index is 0. The van der Waals surface area contributed by atoms with Crippen LogP contribution in [0.25, 0.3) is 11.0 Å². The van der Waals surface area contributed by atoms with Gasteiger partial charge in [0.05, 0.1) is 0 Å². The van der Waals surface area contributed by atoms with Gasteiger partial charge in [0.2, 0.25) is 0 Å². The summed E-state index contributed by atoms with van der Waals surface area (Å²) in [5, 5.41) is 8.23. The van der Waals surface area contributed by atoms with Gasteiger partial charge >= 0.3 is 0 Å². The molecule has 2 aromatic heterocycles. The molecule has 0 aliphatic heterocycles. The zero-order valence-corrected chi connectivity index (χ0v) is 19.1. The average Bonchev–Trinajstić information content (AvgIpc) is 3.06. The van der Waals surface area contributed by atoms with E-state index in [1.165, 1.54) is 0 Å². The lowest BCUT2D eigenvalue weighted by molar-refractivity contribution is 0.288. The summed E-state index contributed by atoms with van der Waals surface area (Å²) >= 11 is 0. The minimum atomic E-state index is -0.153. The maximum Gasteiger partial charge on any atom is 0.295 e. The van der Waals surface area contributed by atoms with Crippen molar-refractivity contribution >= 4 is 19.0 Å². The second kappa shape index (κ2) is 11.9. The van der Waals surface area contributed by atoms with Crippen molar-refractivity contribution in [2.45, 2.75) is 88.5 Å². The first-order valence-corrected chi connectivity index (χ1v) is 9.92. The van der Waals surface area contributed by atoms with Crippen LogP contribution < -0.4 is 5.56 Å². The first-order chi connectivity index (χ1) is 12.2. The minimum Gasteiger partial charge on any atom is -0.314 e. The van der Waals surface area contributed by atoms with E-state index in [-0.39, 0.29) is 16.9 Å². The molecule has 1 atom stereocenters. The second-order valence-corrected chi connectivity index (χ2v) is 6.14. The number of rotatable bonds is 3. The van der Waals surface area contributed by atoms with Crippen molar-refractivity contribution in [1.29, 1.82) is 0 Å². The number of aromatic nitrogens is 4. The molecule has 0 spiro atoms. The third-order valence-corrected chi connectivity index (χ3v) is 4.80. The molecule has 0 amide bonds. The van der Waals surface area contributed by atoms with Crippen molar-refractivity contribution in [3.05, 3.63) is 21.6 Å². The molecule has 26 heavy (non-hydrogen) atoms. The smallest absolute Gasteiger partial charge is 0.295 e. The van der Waals surface area contributed by atoms with E-state index in [9.17, 15) is 4.79 Å². The van der Waals surface area contributed by atoms with Gasteiger partial charge in [-0.2, -0.15) is 10.2 Å². The van der Waals surface area contributed by atoms with Crippen LogP contribution in [-0.4, -0.2) is 27.5 Å². The number of nitrogens with zero attached hydrogens (tertiary/aromatic N) is 4. The van der Waals surface area contributed by atoms with E-state index in [1.54, 1.807) is 11.6 Å². The highest BCUT2D eigenvalue weighted by Crippen LogP contribution is 2.40. The summed E-state index contributed by atoms with van der Waals surface area (Å²) in [7, 11) is 7.38. The number of fused-ring (bicyclic) bond motifs is 1. The van der Waals surface area contributed by atoms with Crippen molar-refractivity contribution in [2.75, 3.05) is 0 Å². The molecular formula is C20H39BN4O. The van der Waals surface area contributed by atoms with Gasteiger partial charge in [-0.25, -0.2) is 4.71 Å². The summed E-state index contributed by atoms with van der Waals surface area (Å²) in [6.07, 6.45) is 1.04. The van der Waals surface area contributed by atoms with E-state index >= 15 is 0 Å². The molecule has 6 heteroatoms. The highest BCUT2D eigenvalue weighted by Gasteiger charge is 2.30. The molecule has 2 aromatic rings. The predicted molar refractivity (Wildman–Crippen MR) is 115 cm³/mol. The maximum absolute atomic E-state index is 12.2. The van der Waals surface area contributed by atoms with Crippen LogP contribution >= 0.6 is 0 Å². The summed E-state index contributed by atoms with van der Waals surface area (Å²) < 4.78 is 2.62. The van der Waals surface area contributed by atoms with Gasteiger partial charge in [0.25, 0.3) is 13.5 Å². The first-order valence-electron chi connectivity index (χ1n) is 9.92. The van der Waals surface area contributed by atoms with Gasteiger partial charge < -0.3 is 4.57 Å². The molecule has 2 rings (SSSR count). The van der Waals surface area contributed by atoms with Crippen LogP contribution in [0.3, 0.4) is 0 Å². The van der Waals surface area contributed by atoms with Gasteiger partial charge in [-0.15, -0.1) is 0 Å². The van der Waals surface area contributed by atoms with Crippen LogP contribution in [-0.2, 0) is 7.05 Å². The molecule has 0 aliphatic carbocycles. The zero-order valence-electron chi connectivity index (χ0n) is 19.1. The van der Waals surface area contributed by atoms with Crippen LogP contribution in [0.4, 0.5) is 0 Å². The third-order valence-electron chi connectivity index (χ3n) is 4.80. The lowest BCUT2D eigenvalue weighted by Gasteiger charge is -2.32. The van der Waals surface area contributed by atoms with Crippen LogP contribution in [0.2, 0.25) is 0 Å². The Bertz CT molecular complexity index is 717. The molecule has 0 fully saturated rings. The molecule has 1 unspecified atom stereocenters. The topological polar surface area (TPSA) is 52.7 Å². The Hall–Kier alpha value is -1.59. The normalized spacial score (nSPS) is 11.4. The largest absolute Gasteiger partial charge is 0.314 e. The fraction of sp³-hybridized carbons (Fsp3) is 0.750. The van der Waals surface area contributed by atoms with E-state index < -0.39 is 0 Å². The summed E-state index contributed by atoms with van der Waals surface area (Å²) in [4.78, 5) is 12.2. The Labute approximate surface area is 161 Å². The van der Waals surface area contributed by atoms with E-state index in [0.29, 0.717) is 11.0 Å². The highest BCUT2D eigenvalue weighted by atomic mass is 16.1. The average molecular weight is 362 g/mol. The summed E-state index contributed by atoms with van der Waals surface area (Å²) in [6.45, 7) is 22.7. The molecule has 0 N–H and O–H groups in total. The quantitative estimate of drug-likeness (QED) is 0.723. The maximum atomic E-state index is 12.2. The van der Waals surface area contributed by atoms with Gasteiger partial charge in [0.15, 0.2) is 5.52 Å². The van der Waals surface area contributed by atoms with Crippen LogP contribution in [0.5, 0.6) is 0 Å². The van der Waals surface area contributed by atoms with E-state index in [1.807, 2.05) is 48.5 Å². The second-order valence-electron chi connectivity index (χ2n) is 6.14. The van der Waals surface area contributed by atoms with Gasteiger partial charge in [-0.1, -0.05) is 75.7 Å². The zero-order chi connectivity index (χ0) is 21.2. The van der Waals surface area contributed by atoms with Crippen LogP contribution in [0, 0.1) is 12.3 Å². The molecule has 5 nitrogen and oxygen atoms in total. The summed E-state index contributed by atoms with van der Waals surface area (Å²) in [6, 6.07) is 0. The number of hydrogen-bond donors (Lipinski definition) is 0. The minimum absolute atomic E-state index is 0.105.